The zero-order valence-corrected chi connectivity index (χ0v) is 8.95. The molecule has 14 heavy (non-hydrogen) atoms. The monoisotopic (exact) mass is 197 g/mol. The first-order chi connectivity index (χ1) is 6.77. The lowest BCUT2D eigenvalue weighted by atomic mass is 10.00. The summed E-state index contributed by atoms with van der Waals surface area (Å²) < 4.78 is 5.54. The molecule has 1 rings (SSSR count). The fourth-order valence-corrected chi connectivity index (χ4v) is 1.82. The summed E-state index contributed by atoms with van der Waals surface area (Å²) in [6, 6.07) is 0. The third-order valence-electron chi connectivity index (χ3n) is 2.61. The van der Waals surface area contributed by atoms with Crippen molar-refractivity contribution in [2.45, 2.75) is 32.8 Å². The lowest BCUT2D eigenvalue weighted by molar-refractivity contribution is -0.116. The minimum absolute atomic E-state index is 0.00532. The summed E-state index contributed by atoms with van der Waals surface area (Å²) in [6.07, 6.45) is 5.73. The van der Waals surface area contributed by atoms with Crippen LogP contribution in [0.25, 0.3) is 0 Å². The van der Waals surface area contributed by atoms with Gasteiger partial charge in [-0.25, -0.2) is 0 Å². The second-order valence-electron chi connectivity index (χ2n) is 3.61. The van der Waals surface area contributed by atoms with E-state index in [1.54, 1.807) is 12.2 Å². The van der Waals surface area contributed by atoms with Crippen LogP contribution in [0.3, 0.4) is 0 Å². The highest BCUT2D eigenvalue weighted by atomic mass is 16.5. The number of amides is 1. The lowest BCUT2D eigenvalue weighted by Crippen LogP contribution is -2.31. The van der Waals surface area contributed by atoms with Crippen LogP contribution in [0.15, 0.2) is 12.2 Å². The summed E-state index contributed by atoms with van der Waals surface area (Å²) in [5, 5.41) is 2.88. The average molecular weight is 197 g/mol. The predicted octanol–water partition coefficient (Wildman–Crippen LogP) is 1.49. The van der Waals surface area contributed by atoms with Gasteiger partial charge in [0, 0.05) is 19.1 Å². The van der Waals surface area contributed by atoms with Gasteiger partial charge in [0.05, 0.1) is 6.10 Å². The van der Waals surface area contributed by atoms with E-state index in [9.17, 15) is 4.79 Å². The molecule has 1 aliphatic rings. The van der Waals surface area contributed by atoms with Gasteiger partial charge in [0.25, 0.3) is 0 Å². The van der Waals surface area contributed by atoms with Gasteiger partial charge in [0.15, 0.2) is 0 Å². The van der Waals surface area contributed by atoms with Gasteiger partial charge in [0.1, 0.15) is 0 Å². The van der Waals surface area contributed by atoms with Crippen LogP contribution in [0.2, 0.25) is 0 Å². The van der Waals surface area contributed by atoms with Crippen LogP contribution < -0.4 is 5.32 Å². The summed E-state index contributed by atoms with van der Waals surface area (Å²) in [5.74, 6) is 0.489. The number of rotatable bonds is 4. The molecule has 0 aliphatic carbocycles. The van der Waals surface area contributed by atoms with Crippen molar-refractivity contribution in [1.82, 2.24) is 5.32 Å². The number of hydrogen-bond donors (Lipinski definition) is 1. The topological polar surface area (TPSA) is 38.3 Å². The third-order valence-corrected chi connectivity index (χ3v) is 2.61. The highest BCUT2D eigenvalue weighted by molar-refractivity contribution is 5.87. The highest BCUT2D eigenvalue weighted by Gasteiger charge is 2.26. The molecule has 0 aromatic carbocycles. The summed E-state index contributed by atoms with van der Waals surface area (Å²) >= 11 is 0. The molecule has 3 heteroatoms. The van der Waals surface area contributed by atoms with Crippen molar-refractivity contribution in [2.24, 2.45) is 5.92 Å². The number of hydrogen-bond acceptors (Lipinski definition) is 2. The third kappa shape index (κ3) is 3.14. The van der Waals surface area contributed by atoms with E-state index < -0.39 is 0 Å². The van der Waals surface area contributed by atoms with Gasteiger partial charge >= 0.3 is 0 Å². The van der Waals surface area contributed by atoms with E-state index in [0.29, 0.717) is 12.0 Å². The smallest absolute Gasteiger partial charge is 0.243 e. The molecule has 1 fully saturated rings. The molecule has 1 amide bonds. The van der Waals surface area contributed by atoms with Crippen molar-refractivity contribution in [2.75, 3.05) is 13.2 Å². The van der Waals surface area contributed by atoms with Crippen LogP contribution in [0.4, 0.5) is 0 Å². The quantitative estimate of drug-likeness (QED) is 0.693. The van der Waals surface area contributed by atoms with Gasteiger partial charge in [-0.05, 0) is 25.8 Å². The van der Waals surface area contributed by atoms with Gasteiger partial charge in [0.2, 0.25) is 5.91 Å². The molecule has 0 aromatic rings. The molecule has 1 saturated heterocycles. The first kappa shape index (κ1) is 11.2. The zero-order valence-electron chi connectivity index (χ0n) is 8.95. The van der Waals surface area contributed by atoms with Crippen LogP contribution in [0.1, 0.15) is 26.7 Å². The Bertz CT molecular complexity index is 213. The van der Waals surface area contributed by atoms with Crippen molar-refractivity contribution in [3.63, 3.8) is 0 Å². The van der Waals surface area contributed by atoms with E-state index in [0.717, 1.165) is 26.0 Å². The maximum absolute atomic E-state index is 11.2. The van der Waals surface area contributed by atoms with E-state index >= 15 is 0 Å². The van der Waals surface area contributed by atoms with Crippen LogP contribution in [-0.2, 0) is 9.53 Å². The number of nitrogens with one attached hydrogen (secondary N) is 1. The molecular weight excluding hydrogens is 178 g/mol. The summed E-state index contributed by atoms with van der Waals surface area (Å²) in [5.41, 5.74) is 0. The maximum atomic E-state index is 11.2. The predicted molar refractivity (Wildman–Crippen MR) is 56.0 cm³/mol. The van der Waals surface area contributed by atoms with E-state index in [1.807, 2.05) is 6.92 Å². The Kier molecular flexibility index (Phi) is 4.66. The van der Waals surface area contributed by atoms with Crippen molar-refractivity contribution in [3.05, 3.63) is 12.2 Å². The Balaban J connectivity index is 2.26. The van der Waals surface area contributed by atoms with Crippen molar-refractivity contribution in [1.29, 1.82) is 0 Å². The van der Waals surface area contributed by atoms with Crippen LogP contribution in [0, 0.1) is 5.92 Å². The first-order valence-corrected chi connectivity index (χ1v) is 5.30. The van der Waals surface area contributed by atoms with Gasteiger partial charge < -0.3 is 10.1 Å². The highest BCUT2D eigenvalue weighted by Crippen LogP contribution is 2.22. The van der Waals surface area contributed by atoms with Crippen LogP contribution >= 0.6 is 0 Å². The molecule has 2 atom stereocenters. The van der Waals surface area contributed by atoms with Crippen LogP contribution in [0.5, 0.6) is 0 Å². The molecule has 1 heterocycles. The normalized spacial score (nSPS) is 27.0. The molecule has 0 radical (unpaired) electrons. The van der Waals surface area contributed by atoms with Gasteiger partial charge in [-0.1, -0.05) is 13.0 Å². The summed E-state index contributed by atoms with van der Waals surface area (Å²) in [7, 11) is 0. The van der Waals surface area contributed by atoms with Crippen LogP contribution in [-0.4, -0.2) is 25.2 Å². The Morgan fingerprint density at radius 1 is 1.64 bits per heavy atom. The molecule has 0 aromatic heterocycles. The standard InChI is InChI=1S/C11H19NO2/c1-3-5-11(13)12-8-9-6-7-14-10(9)4-2/h3,5,9-10H,4,6-8H2,1-2H3,(H,12,13)/b5-3+. The first-order valence-electron chi connectivity index (χ1n) is 5.30. The maximum Gasteiger partial charge on any atom is 0.243 e. The number of carbonyl (C=O) groups excluding carboxylic acids is 1. The van der Waals surface area contributed by atoms with E-state index in [4.69, 9.17) is 4.74 Å². The minimum atomic E-state index is -0.00532. The second-order valence-corrected chi connectivity index (χ2v) is 3.61. The molecular formula is C11H19NO2. The Hall–Kier alpha value is -0.830. The summed E-state index contributed by atoms with van der Waals surface area (Å²) in [4.78, 5) is 11.2. The van der Waals surface area contributed by atoms with Crippen molar-refractivity contribution in [3.8, 4) is 0 Å². The van der Waals surface area contributed by atoms with Crippen molar-refractivity contribution < 1.29 is 9.53 Å². The lowest BCUT2D eigenvalue weighted by Gasteiger charge is -2.16. The van der Waals surface area contributed by atoms with E-state index in [-0.39, 0.29) is 5.91 Å². The Labute approximate surface area is 85.5 Å². The Morgan fingerprint density at radius 2 is 2.43 bits per heavy atom. The van der Waals surface area contributed by atoms with Gasteiger partial charge in [-0.3, -0.25) is 4.79 Å². The van der Waals surface area contributed by atoms with E-state index in [2.05, 4.69) is 12.2 Å². The van der Waals surface area contributed by atoms with Gasteiger partial charge in [-0.2, -0.15) is 0 Å². The van der Waals surface area contributed by atoms with Gasteiger partial charge in [-0.15, -0.1) is 0 Å². The molecule has 2 unspecified atom stereocenters. The minimum Gasteiger partial charge on any atom is -0.378 e. The largest absolute Gasteiger partial charge is 0.378 e. The molecule has 1 aliphatic heterocycles. The molecule has 0 saturated carbocycles. The molecule has 0 bridgehead atoms. The van der Waals surface area contributed by atoms with Crippen molar-refractivity contribution >= 4 is 5.91 Å². The summed E-state index contributed by atoms with van der Waals surface area (Å²) in [6.45, 7) is 5.54. The SMILES string of the molecule is C/C=C/C(=O)NCC1CCOC1CC. The number of carbonyl (C=O) groups is 1. The fraction of sp³-hybridized carbons (Fsp3) is 0.727. The second kappa shape index (κ2) is 5.81. The Morgan fingerprint density at radius 3 is 3.07 bits per heavy atom. The average Bonchev–Trinajstić information content (AvgIpc) is 2.62. The number of ether oxygens (including phenoxy) is 1. The van der Waals surface area contributed by atoms with E-state index in [1.165, 1.54) is 0 Å². The fourth-order valence-electron chi connectivity index (χ4n) is 1.82. The molecule has 0 spiro atoms. The number of allylic oxidation sites excluding steroid dienone is 1. The zero-order chi connectivity index (χ0) is 10.4. The molecule has 80 valence electrons. The molecule has 3 nitrogen and oxygen atoms in total. The molecule has 1 N–H and O–H groups in total.